The second-order valence-corrected chi connectivity index (χ2v) is 7.12. The number of imide groups is 1. The molecule has 7 heteroatoms. The molecule has 1 aliphatic rings. The lowest BCUT2D eigenvalue weighted by Gasteiger charge is -2.12. The molecule has 0 aromatic heterocycles. The standard InChI is InChI=1S/C22H21NO5S/c1-3-27-18-11-10-15(12-19(18)28-4-2)13-20-21(25)23(22(26)29-20)14-17(24)16-8-6-5-7-9-16/h5-13H,3-4,14H2,1-2H3/b20-13+. The molecular formula is C22H21NO5S. The number of amides is 2. The summed E-state index contributed by atoms with van der Waals surface area (Å²) in [5, 5.41) is -0.457. The van der Waals surface area contributed by atoms with Crippen LogP contribution in [0.2, 0.25) is 0 Å². The van der Waals surface area contributed by atoms with Crippen LogP contribution in [0.25, 0.3) is 6.08 Å². The number of benzene rings is 2. The van der Waals surface area contributed by atoms with Crippen molar-refractivity contribution in [1.29, 1.82) is 0 Å². The van der Waals surface area contributed by atoms with Gasteiger partial charge in [-0.05, 0) is 49.4 Å². The Labute approximate surface area is 173 Å². The highest BCUT2D eigenvalue weighted by Gasteiger charge is 2.36. The lowest BCUT2D eigenvalue weighted by atomic mass is 10.1. The summed E-state index contributed by atoms with van der Waals surface area (Å²) in [5.74, 6) is 0.430. The number of Topliss-reactive ketones (excluding diaryl/α,β-unsaturated/α-hetero) is 1. The summed E-state index contributed by atoms with van der Waals surface area (Å²) in [6.45, 7) is 4.46. The molecule has 0 N–H and O–H groups in total. The molecule has 0 saturated carbocycles. The molecule has 1 aliphatic heterocycles. The number of ether oxygens (including phenoxy) is 2. The van der Waals surface area contributed by atoms with Crippen LogP contribution < -0.4 is 9.47 Å². The molecule has 1 saturated heterocycles. The number of ketones is 1. The molecule has 1 heterocycles. The van der Waals surface area contributed by atoms with Gasteiger partial charge in [-0.1, -0.05) is 36.4 Å². The van der Waals surface area contributed by atoms with E-state index in [4.69, 9.17) is 9.47 Å². The molecule has 3 rings (SSSR count). The SMILES string of the molecule is CCOc1ccc(/C=C2/SC(=O)N(CC(=O)c3ccccc3)C2=O)cc1OCC. The molecule has 6 nitrogen and oxygen atoms in total. The molecule has 2 amide bonds. The molecule has 0 aliphatic carbocycles. The van der Waals surface area contributed by atoms with Crippen molar-refractivity contribution in [3.63, 3.8) is 0 Å². The van der Waals surface area contributed by atoms with E-state index in [0.717, 1.165) is 16.7 Å². The monoisotopic (exact) mass is 411 g/mol. The summed E-state index contributed by atoms with van der Waals surface area (Å²) < 4.78 is 11.1. The van der Waals surface area contributed by atoms with Crippen molar-refractivity contribution in [3.8, 4) is 11.5 Å². The summed E-state index contributed by atoms with van der Waals surface area (Å²) in [6, 6.07) is 13.9. The van der Waals surface area contributed by atoms with Gasteiger partial charge in [-0.2, -0.15) is 0 Å². The largest absolute Gasteiger partial charge is 0.490 e. The highest BCUT2D eigenvalue weighted by Crippen LogP contribution is 2.34. The fourth-order valence-corrected chi connectivity index (χ4v) is 3.64. The van der Waals surface area contributed by atoms with Gasteiger partial charge in [0.15, 0.2) is 17.3 Å². The zero-order valence-corrected chi connectivity index (χ0v) is 17.0. The van der Waals surface area contributed by atoms with Crippen LogP contribution in [0.15, 0.2) is 53.4 Å². The van der Waals surface area contributed by atoms with E-state index < -0.39 is 11.1 Å². The summed E-state index contributed by atoms with van der Waals surface area (Å²) in [5.41, 5.74) is 1.17. The van der Waals surface area contributed by atoms with Gasteiger partial charge in [0.2, 0.25) is 0 Å². The Morgan fingerprint density at radius 3 is 2.38 bits per heavy atom. The maximum atomic E-state index is 12.7. The minimum atomic E-state index is -0.476. The van der Waals surface area contributed by atoms with E-state index in [1.54, 1.807) is 54.6 Å². The zero-order chi connectivity index (χ0) is 20.8. The first-order valence-corrected chi connectivity index (χ1v) is 10.1. The smallest absolute Gasteiger partial charge is 0.293 e. The minimum Gasteiger partial charge on any atom is -0.490 e. The quantitative estimate of drug-likeness (QED) is 0.473. The van der Waals surface area contributed by atoms with Crippen LogP contribution in [-0.2, 0) is 4.79 Å². The lowest BCUT2D eigenvalue weighted by Crippen LogP contribution is -2.33. The minimum absolute atomic E-state index is 0.266. The Bertz CT molecular complexity index is 955. The molecule has 1 fully saturated rings. The van der Waals surface area contributed by atoms with Crippen molar-refractivity contribution in [2.24, 2.45) is 0 Å². The van der Waals surface area contributed by atoms with Gasteiger partial charge in [0.1, 0.15) is 0 Å². The van der Waals surface area contributed by atoms with Crippen LogP contribution in [0.3, 0.4) is 0 Å². The van der Waals surface area contributed by atoms with Gasteiger partial charge in [-0.25, -0.2) is 0 Å². The Balaban J connectivity index is 1.79. The summed E-state index contributed by atoms with van der Waals surface area (Å²) in [4.78, 5) is 38.6. The fourth-order valence-electron chi connectivity index (χ4n) is 2.80. The molecular weight excluding hydrogens is 390 g/mol. The predicted octanol–water partition coefficient (Wildman–Crippen LogP) is 4.40. The van der Waals surface area contributed by atoms with Crippen molar-refractivity contribution in [2.75, 3.05) is 19.8 Å². The van der Waals surface area contributed by atoms with Gasteiger partial charge in [-0.15, -0.1) is 0 Å². The van der Waals surface area contributed by atoms with Crippen LogP contribution in [-0.4, -0.2) is 41.6 Å². The highest BCUT2D eigenvalue weighted by molar-refractivity contribution is 8.18. The Kier molecular flexibility index (Phi) is 6.72. The van der Waals surface area contributed by atoms with Crippen molar-refractivity contribution >= 4 is 34.8 Å². The maximum Gasteiger partial charge on any atom is 0.293 e. The second kappa shape index (κ2) is 9.43. The first-order valence-electron chi connectivity index (χ1n) is 9.26. The van der Waals surface area contributed by atoms with Crippen molar-refractivity contribution in [1.82, 2.24) is 4.90 Å². The number of hydrogen-bond acceptors (Lipinski definition) is 6. The zero-order valence-electron chi connectivity index (χ0n) is 16.2. The van der Waals surface area contributed by atoms with E-state index >= 15 is 0 Å². The van der Waals surface area contributed by atoms with Gasteiger partial charge >= 0.3 is 0 Å². The number of hydrogen-bond donors (Lipinski definition) is 0. The van der Waals surface area contributed by atoms with E-state index in [9.17, 15) is 14.4 Å². The van der Waals surface area contributed by atoms with Crippen molar-refractivity contribution in [3.05, 3.63) is 64.6 Å². The maximum absolute atomic E-state index is 12.7. The Morgan fingerprint density at radius 2 is 1.69 bits per heavy atom. The molecule has 0 unspecified atom stereocenters. The molecule has 2 aromatic carbocycles. The van der Waals surface area contributed by atoms with Crippen molar-refractivity contribution in [2.45, 2.75) is 13.8 Å². The normalized spacial score (nSPS) is 15.1. The van der Waals surface area contributed by atoms with Gasteiger partial charge in [-0.3, -0.25) is 19.3 Å². The average molecular weight is 411 g/mol. The summed E-state index contributed by atoms with van der Waals surface area (Å²) in [7, 11) is 0. The van der Waals surface area contributed by atoms with Gasteiger partial charge in [0.25, 0.3) is 11.1 Å². The number of carbonyl (C=O) groups excluding carboxylic acids is 3. The molecule has 2 aromatic rings. The van der Waals surface area contributed by atoms with E-state index in [2.05, 4.69) is 0 Å². The van der Waals surface area contributed by atoms with Crippen molar-refractivity contribution < 1.29 is 23.9 Å². The van der Waals surface area contributed by atoms with Crippen LogP contribution in [0.5, 0.6) is 11.5 Å². The third-order valence-corrected chi connectivity index (χ3v) is 5.04. The molecule has 0 atom stereocenters. The van der Waals surface area contributed by atoms with Gasteiger partial charge < -0.3 is 9.47 Å². The first kappa shape index (κ1) is 20.7. The van der Waals surface area contributed by atoms with E-state index in [-0.39, 0.29) is 17.2 Å². The summed E-state index contributed by atoms with van der Waals surface area (Å²) >= 11 is 0.822. The third kappa shape index (κ3) is 4.86. The predicted molar refractivity (Wildman–Crippen MR) is 112 cm³/mol. The van der Waals surface area contributed by atoms with Crippen LogP contribution in [0.1, 0.15) is 29.8 Å². The third-order valence-electron chi connectivity index (χ3n) is 4.14. The summed E-state index contributed by atoms with van der Waals surface area (Å²) in [6.07, 6.45) is 1.62. The number of thioether (sulfide) groups is 1. The van der Waals surface area contributed by atoms with Crippen LogP contribution in [0.4, 0.5) is 4.79 Å². The van der Waals surface area contributed by atoms with Crippen LogP contribution >= 0.6 is 11.8 Å². The number of carbonyl (C=O) groups is 3. The average Bonchev–Trinajstić information content (AvgIpc) is 2.98. The lowest BCUT2D eigenvalue weighted by molar-refractivity contribution is -0.122. The Hall–Kier alpha value is -3.06. The molecule has 0 bridgehead atoms. The van der Waals surface area contributed by atoms with E-state index in [0.29, 0.717) is 35.8 Å². The molecule has 0 spiro atoms. The highest BCUT2D eigenvalue weighted by atomic mass is 32.2. The molecule has 0 radical (unpaired) electrons. The van der Waals surface area contributed by atoms with Gasteiger partial charge in [0, 0.05) is 5.56 Å². The number of nitrogens with zero attached hydrogens (tertiary/aromatic N) is 1. The molecule has 29 heavy (non-hydrogen) atoms. The van der Waals surface area contributed by atoms with Crippen LogP contribution in [0, 0.1) is 0 Å². The first-order chi connectivity index (χ1) is 14.0. The second-order valence-electron chi connectivity index (χ2n) is 6.13. The molecule has 150 valence electrons. The van der Waals surface area contributed by atoms with E-state index in [1.807, 2.05) is 13.8 Å². The van der Waals surface area contributed by atoms with Gasteiger partial charge in [0.05, 0.1) is 24.7 Å². The fraction of sp³-hybridized carbons (Fsp3) is 0.227. The topological polar surface area (TPSA) is 72.9 Å². The van der Waals surface area contributed by atoms with E-state index in [1.165, 1.54) is 0 Å². The Morgan fingerprint density at radius 1 is 1.00 bits per heavy atom. The number of rotatable bonds is 8.